The van der Waals surface area contributed by atoms with E-state index >= 15 is 0 Å². The molecule has 1 unspecified atom stereocenters. The molecule has 0 amide bonds. The second kappa shape index (κ2) is 45.4. The van der Waals surface area contributed by atoms with E-state index in [4.69, 9.17) is 30.3 Å². The third-order valence-electron chi connectivity index (χ3n) is 5.08. The van der Waals surface area contributed by atoms with Crippen LogP contribution in [0.25, 0.3) is 9.69 Å². The maximum absolute atomic E-state index is 12.1. The summed E-state index contributed by atoms with van der Waals surface area (Å²) in [4.78, 5) is 22.0. The van der Waals surface area contributed by atoms with Gasteiger partial charge in [-0.25, -0.2) is 39.2 Å². The fraction of sp³-hybridized carbons (Fsp3) is 0.195. The van der Waals surface area contributed by atoms with Gasteiger partial charge in [0.25, 0.3) is 6.47 Å². The van der Waals surface area contributed by atoms with Crippen molar-refractivity contribution in [2.75, 3.05) is 44.7 Å². The summed E-state index contributed by atoms with van der Waals surface area (Å²) in [5.74, 6) is 0. The van der Waals surface area contributed by atoms with Crippen molar-refractivity contribution in [3.8, 4) is 0 Å². The summed E-state index contributed by atoms with van der Waals surface area (Å²) in [6.07, 6.45) is 6.96. The summed E-state index contributed by atoms with van der Waals surface area (Å²) >= 11 is 13.5. The van der Waals surface area contributed by atoms with E-state index in [0.717, 1.165) is 70.2 Å². The van der Waals surface area contributed by atoms with E-state index in [0.29, 0.717) is 6.54 Å². The van der Waals surface area contributed by atoms with E-state index in [1.807, 2.05) is 109 Å². The first-order valence-electron chi connectivity index (χ1n) is 17.8. The number of hydrogen-bond donors (Lipinski definition) is 2. The zero-order valence-corrected chi connectivity index (χ0v) is 52.9. The van der Waals surface area contributed by atoms with Gasteiger partial charge in [0, 0.05) is 63.6 Å². The van der Waals surface area contributed by atoms with E-state index in [2.05, 4.69) is 55.3 Å². The Balaban J connectivity index is -0.000000170. The van der Waals surface area contributed by atoms with Crippen LogP contribution in [0.4, 0.5) is 14.4 Å². The summed E-state index contributed by atoms with van der Waals surface area (Å²) in [6, 6.07) is 40.8. The van der Waals surface area contributed by atoms with Crippen LogP contribution in [0, 0.1) is 13.1 Å². The van der Waals surface area contributed by atoms with Crippen molar-refractivity contribution in [1.82, 2.24) is 0 Å². The van der Waals surface area contributed by atoms with Gasteiger partial charge in [0.1, 0.15) is 29.5 Å². The Kier molecular flexibility index (Phi) is 49.5. The average molecular weight is 1210 g/mol. The van der Waals surface area contributed by atoms with Crippen LogP contribution in [0.3, 0.4) is 0 Å². The third kappa shape index (κ3) is 54.7. The number of thiophene rings is 3. The van der Waals surface area contributed by atoms with Crippen molar-refractivity contribution < 1.29 is 154 Å². The molecule has 0 bridgehead atoms. The molecule has 0 aliphatic carbocycles. The number of hydrogen-bond acceptors (Lipinski definition) is 16. The number of carbonyl (C=O) groups excluding carboxylic acids is 1. The number of thiol groups is 1. The molecule has 0 fully saturated rings. The SMILES string of the molecule is CS(C)(=O)=O.CS(C)(=O)=O.CS(C)(=O)=O.NCc1ccc(S(=O)c2ccccc2)s1.O=CO[O-].Sc1ccccc1.[2H]CF.[C-]#[N+]c1ccc(Br)s1.[C-]#[N+]c1ccc(Sc2ccccc2)s1.[H-].[K+].[K+]. The van der Waals surface area contributed by atoms with E-state index in [1.165, 1.54) is 43.1 Å². The predicted octanol–water partition coefficient (Wildman–Crippen LogP) is 3.98. The monoisotopic (exact) mass is 1210 g/mol. The Morgan fingerprint density at radius 1 is 0.761 bits per heavy atom. The van der Waals surface area contributed by atoms with Crippen LogP contribution in [-0.2, 0) is 56.5 Å². The van der Waals surface area contributed by atoms with Crippen molar-refractivity contribution in [1.29, 1.82) is 0 Å². The maximum atomic E-state index is 12.1. The van der Waals surface area contributed by atoms with Crippen LogP contribution >= 0.6 is 74.3 Å². The van der Waals surface area contributed by atoms with Gasteiger partial charge in [0.05, 0.1) is 44.7 Å². The summed E-state index contributed by atoms with van der Waals surface area (Å²) in [5.41, 5.74) is 5.51. The van der Waals surface area contributed by atoms with Crippen LogP contribution in [0.15, 0.2) is 154 Å². The minimum absolute atomic E-state index is 0. The second-order valence-electron chi connectivity index (χ2n) is 11.8. The van der Waals surface area contributed by atoms with Crippen LogP contribution in [0.1, 0.15) is 7.67 Å². The number of nitrogens with two attached hydrogens (primary N) is 1. The van der Waals surface area contributed by atoms with Gasteiger partial charge in [-0.2, -0.15) is 0 Å². The van der Waals surface area contributed by atoms with Crippen LogP contribution < -0.4 is 114 Å². The first-order chi connectivity index (χ1) is 30.7. The number of alkyl halides is 1. The van der Waals surface area contributed by atoms with Crippen molar-refractivity contribution in [2.24, 2.45) is 5.73 Å². The molecule has 0 spiro atoms. The van der Waals surface area contributed by atoms with Crippen molar-refractivity contribution in [3.05, 3.63) is 159 Å². The molecule has 3 aromatic carbocycles. The quantitative estimate of drug-likeness (QED) is 0.0608. The van der Waals surface area contributed by atoms with E-state index in [1.54, 1.807) is 17.8 Å². The number of carbonyl (C=O) groups is 1. The molecule has 26 heteroatoms. The first kappa shape index (κ1) is 73.0. The molecule has 0 aliphatic rings. The minimum atomic E-state index is -2.67. The fourth-order valence-corrected chi connectivity index (χ4v) is 8.62. The van der Waals surface area contributed by atoms with E-state index in [9.17, 15) is 33.9 Å². The molecule has 3 heterocycles. The molecule has 358 valence electrons. The summed E-state index contributed by atoms with van der Waals surface area (Å²) in [6.45, 7) is 13.8. The van der Waals surface area contributed by atoms with Gasteiger partial charge in [-0.05, 0) is 88.7 Å². The second-order valence-corrected chi connectivity index (χ2v) is 26.9. The minimum Gasteiger partial charge on any atom is -1.00 e. The van der Waals surface area contributed by atoms with Crippen molar-refractivity contribution >= 4 is 131 Å². The third-order valence-corrected chi connectivity index (χ3v) is 11.8. The topological polar surface area (TPSA) is 204 Å². The van der Waals surface area contributed by atoms with Gasteiger partial charge in [-0.1, -0.05) is 66.4 Å². The van der Waals surface area contributed by atoms with Gasteiger partial charge in [-0.15, -0.1) is 46.6 Å². The normalized spacial score (nSPS) is 9.96. The summed E-state index contributed by atoms with van der Waals surface area (Å²) in [5, 5.41) is 9.92. The Morgan fingerprint density at radius 2 is 1.15 bits per heavy atom. The standard InChI is InChI=1S/C11H11NOS2.C11H7NS2.C6H6S.C5H2BrNS.3C2H6O2S.CH3F.CH2O3.2K.H/c12-8-9-6-7-11(14-9)15(13)10-4-2-1-3-5-10;1-12-10-7-8-11(14-10)13-9-5-3-2-4-6-9;7-6-4-2-1-3-5-6;1-7-5-3-2-4(6)8-5;3*1-5(2,3)4;1-2;2-1-4-3;;;/h1-7H,8,12H2;2-8H;1-5,7H;2-3H;3*1-2H3;1H3;1,3H;;;/q;;;;;;;;;2*+1;-1/p-1/i;;;;;;;1D;;;;. The zero-order valence-electron chi connectivity index (χ0n) is 39.6. The molecule has 0 saturated carbocycles. The first-order valence-corrected chi connectivity index (χ1v) is 29.7. The Bertz CT molecular complexity index is 2570. The molecule has 3 aromatic heterocycles. The van der Waals surface area contributed by atoms with Crippen LogP contribution in [-0.4, -0.2) is 80.6 Å². The van der Waals surface area contributed by atoms with Crippen molar-refractivity contribution in [2.45, 2.75) is 29.6 Å². The molecule has 0 aliphatic heterocycles. The number of sulfone groups is 3. The number of nitrogens with zero attached hydrogens (tertiary/aromatic N) is 2. The smallest absolute Gasteiger partial charge is 1.00 e. The van der Waals surface area contributed by atoms with Gasteiger partial charge in [-0.3, -0.25) is 9.18 Å². The molecule has 6 rings (SSSR count). The Labute approximate surface area is 516 Å². The predicted molar refractivity (Wildman–Crippen MR) is 274 cm³/mol. The largest absolute Gasteiger partial charge is 1.00 e. The molecular weight excluding hydrogens is 1160 g/mol. The number of rotatable bonds is 6. The number of benzene rings is 3. The zero-order chi connectivity index (χ0) is 51.2. The van der Waals surface area contributed by atoms with E-state index in [-0.39, 0.29) is 111 Å². The van der Waals surface area contributed by atoms with Crippen LogP contribution in [0.2, 0.25) is 0 Å². The Morgan fingerprint density at radius 3 is 1.45 bits per heavy atom. The molecular formula is C41H49BrFK2N3O10S9. The van der Waals surface area contributed by atoms with Gasteiger partial charge in [0.2, 0.25) is 10.0 Å². The molecule has 0 radical (unpaired) electrons. The Hall–Kier alpha value is -0.487. The number of halogens is 2. The molecule has 0 saturated heterocycles. The fourth-order valence-electron chi connectivity index (χ4n) is 3.05. The summed E-state index contributed by atoms with van der Waals surface area (Å²) in [7, 11) is -10.1. The van der Waals surface area contributed by atoms with Gasteiger partial charge < -0.3 is 17.3 Å². The van der Waals surface area contributed by atoms with Crippen LogP contribution in [0.5, 0.6) is 0 Å². The van der Waals surface area contributed by atoms with Gasteiger partial charge >= 0.3 is 103 Å². The molecule has 67 heavy (non-hydrogen) atoms. The molecule has 2 N–H and O–H groups in total. The average Bonchev–Trinajstić information content (AvgIpc) is 4.02. The van der Waals surface area contributed by atoms with Gasteiger partial charge in [0.15, 0.2) is 0 Å². The molecule has 6 aromatic rings. The van der Waals surface area contributed by atoms with E-state index < -0.39 is 47.5 Å². The maximum Gasteiger partial charge on any atom is 1.00 e. The van der Waals surface area contributed by atoms with Crippen molar-refractivity contribution in [3.63, 3.8) is 0 Å². The summed E-state index contributed by atoms with van der Waals surface area (Å²) < 4.78 is 88.4. The molecule has 1 atom stereocenters. The molecule has 13 nitrogen and oxygen atoms in total.